The molecule has 4 aromatic rings. The molecule has 1 aromatic heterocycles. The number of unbranched alkanes of at least 4 members (excludes halogenated alkanes) is 6. The molecular weight excluding hydrogens is 630 g/mol. The van der Waals surface area contributed by atoms with Crippen LogP contribution in [0, 0.1) is 5.92 Å². The number of benzene rings is 3. The van der Waals surface area contributed by atoms with E-state index in [1.165, 1.54) is 44.2 Å². The highest BCUT2D eigenvalue weighted by Gasteiger charge is 2.40. The van der Waals surface area contributed by atoms with Crippen LogP contribution in [0.15, 0.2) is 89.7 Å². The predicted molar refractivity (Wildman–Crippen MR) is 197 cm³/mol. The molecule has 2 atom stereocenters. The largest absolute Gasteiger partial charge is 0.506 e. The first kappa shape index (κ1) is 37.2. The minimum atomic E-state index is -1.72. The van der Waals surface area contributed by atoms with E-state index >= 15 is 0 Å². The summed E-state index contributed by atoms with van der Waals surface area (Å²) in [6.07, 6.45) is 9.73. The minimum Gasteiger partial charge on any atom is -0.506 e. The zero-order chi connectivity index (χ0) is 35.2. The lowest BCUT2D eigenvalue weighted by Crippen LogP contribution is -2.41. The summed E-state index contributed by atoms with van der Waals surface area (Å²) < 4.78 is 5.79. The molecule has 1 aliphatic heterocycles. The number of nitrogens with one attached hydrogen (secondary N) is 2. The summed E-state index contributed by atoms with van der Waals surface area (Å²) in [7, 11) is 0. The molecule has 0 amide bonds. The van der Waals surface area contributed by atoms with Gasteiger partial charge in [0.2, 0.25) is 5.56 Å². The monoisotopic (exact) mass is 683 g/mol. The molecule has 268 valence electrons. The summed E-state index contributed by atoms with van der Waals surface area (Å²) in [4.78, 5) is 30.1. The van der Waals surface area contributed by atoms with Crippen molar-refractivity contribution in [3.05, 3.63) is 112 Å². The minimum absolute atomic E-state index is 0.00592. The van der Waals surface area contributed by atoms with Gasteiger partial charge in [0.1, 0.15) is 5.75 Å². The topological polar surface area (TPSA) is 135 Å². The lowest BCUT2D eigenvalue weighted by molar-refractivity contribution is -0.168. The highest BCUT2D eigenvalue weighted by molar-refractivity contribution is 5.87. The molecule has 0 spiro atoms. The number of carbonyl (C=O) groups is 1. The number of aliphatic hydroxyl groups is 2. The molecule has 5 rings (SSSR count). The Balaban J connectivity index is 0.896. The van der Waals surface area contributed by atoms with E-state index in [0.717, 1.165) is 57.4 Å². The van der Waals surface area contributed by atoms with Crippen molar-refractivity contribution in [2.24, 2.45) is 5.92 Å². The number of aromatic hydroxyl groups is 1. The van der Waals surface area contributed by atoms with Gasteiger partial charge in [-0.2, -0.15) is 0 Å². The quantitative estimate of drug-likeness (QED) is 0.0603. The number of esters is 1. The van der Waals surface area contributed by atoms with Gasteiger partial charge in [0, 0.05) is 24.4 Å². The predicted octanol–water partition coefficient (Wildman–Crippen LogP) is 5.97. The van der Waals surface area contributed by atoms with Crippen LogP contribution in [0.4, 0.5) is 0 Å². The molecule has 2 heterocycles. The number of hydrogen-bond acceptors (Lipinski definition) is 8. The van der Waals surface area contributed by atoms with Gasteiger partial charge in [0.25, 0.3) is 0 Å². The first-order chi connectivity index (χ1) is 24.3. The smallest absolute Gasteiger partial charge is 0.343 e. The van der Waals surface area contributed by atoms with Crippen molar-refractivity contribution in [2.45, 2.75) is 75.9 Å². The van der Waals surface area contributed by atoms with Crippen molar-refractivity contribution in [2.75, 3.05) is 39.3 Å². The second-order valence-electron chi connectivity index (χ2n) is 13.8. The summed E-state index contributed by atoms with van der Waals surface area (Å²) in [6.45, 7) is 4.72. The third-order valence-electron chi connectivity index (χ3n) is 9.98. The Morgan fingerprint density at radius 1 is 0.880 bits per heavy atom. The molecule has 9 nitrogen and oxygen atoms in total. The van der Waals surface area contributed by atoms with Gasteiger partial charge in [-0.15, -0.1) is 0 Å². The van der Waals surface area contributed by atoms with Gasteiger partial charge in [-0.05, 0) is 86.6 Å². The van der Waals surface area contributed by atoms with Crippen LogP contribution < -0.4 is 10.9 Å². The summed E-state index contributed by atoms with van der Waals surface area (Å²) in [5, 5.41) is 36.3. The number of aliphatic hydroxyl groups excluding tert-OH is 1. The Morgan fingerprint density at radius 3 is 2.26 bits per heavy atom. The highest BCUT2D eigenvalue weighted by Crippen LogP contribution is 2.30. The van der Waals surface area contributed by atoms with Gasteiger partial charge < -0.3 is 35.3 Å². The van der Waals surface area contributed by atoms with Crippen molar-refractivity contribution in [3.8, 4) is 5.75 Å². The van der Waals surface area contributed by atoms with E-state index in [-0.39, 0.29) is 17.7 Å². The van der Waals surface area contributed by atoms with Gasteiger partial charge in [0.05, 0.1) is 18.2 Å². The second-order valence-corrected chi connectivity index (χ2v) is 13.8. The molecule has 0 radical (unpaired) electrons. The number of piperidine rings is 1. The molecule has 0 saturated carbocycles. The fraction of sp³-hybridized carbons (Fsp3) is 0.463. The van der Waals surface area contributed by atoms with Crippen molar-refractivity contribution < 1.29 is 24.9 Å². The van der Waals surface area contributed by atoms with Gasteiger partial charge in [0.15, 0.2) is 5.60 Å². The summed E-state index contributed by atoms with van der Waals surface area (Å²) in [5.41, 5.74) is 0.453. The molecule has 0 bridgehead atoms. The number of H-pyrrole nitrogens is 1. The third-order valence-corrected chi connectivity index (χ3v) is 9.98. The maximum Gasteiger partial charge on any atom is 0.343 e. The number of hydrogen-bond donors (Lipinski definition) is 5. The van der Waals surface area contributed by atoms with E-state index in [1.807, 2.05) is 48.5 Å². The van der Waals surface area contributed by atoms with Crippen LogP contribution >= 0.6 is 0 Å². The first-order valence-corrected chi connectivity index (χ1v) is 18.3. The number of likely N-dealkylation sites (tertiary alicyclic amines) is 1. The molecule has 1 aliphatic rings. The van der Waals surface area contributed by atoms with Crippen LogP contribution in [0.25, 0.3) is 10.9 Å². The zero-order valence-corrected chi connectivity index (χ0v) is 29.1. The average molecular weight is 684 g/mol. The number of ether oxygens (including phenoxy) is 1. The molecule has 3 aromatic carbocycles. The lowest BCUT2D eigenvalue weighted by Gasteiger charge is -2.33. The Labute approximate surface area is 295 Å². The van der Waals surface area contributed by atoms with Gasteiger partial charge in [-0.3, -0.25) is 4.79 Å². The number of rotatable bonds is 19. The van der Waals surface area contributed by atoms with Crippen LogP contribution in [-0.2, 0) is 21.6 Å². The standard InChI is InChI=1S/C41H53N3O6/c45-36-20-18-34(35-19-21-38(47)43-39(35)36)37(46)29-42-24-12-4-2-1-3-5-13-25-44-26-22-32(23-27-44)30-50-40(48)41(49,33-16-10-7-11-17-33)28-31-14-8-6-9-15-31/h6-11,14-21,32,37,42,45-46,49H,1-5,12-13,22-30H2,(H,43,47). The number of nitrogens with zero attached hydrogens (tertiary/aromatic N) is 1. The number of pyridine rings is 1. The zero-order valence-electron chi connectivity index (χ0n) is 29.1. The fourth-order valence-electron chi connectivity index (χ4n) is 6.95. The molecule has 1 fully saturated rings. The molecule has 50 heavy (non-hydrogen) atoms. The maximum atomic E-state index is 13.3. The van der Waals surface area contributed by atoms with Crippen LogP contribution in [0.1, 0.15) is 80.6 Å². The number of fused-ring (bicyclic) bond motifs is 1. The van der Waals surface area contributed by atoms with Gasteiger partial charge in [-0.1, -0.05) is 98.8 Å². The summed E-state index contributed by atoms with van der Waals surface area (Å²) in [5.74, 6) is -0.275. The second kappa shape index (κ2) is 18.8. The van der Waals surface area contributed by atoms with E-state index < -0.39 is 17.7 Å². The Hall–Kier alpha value is -4.02. The van der Waals surface area contributed by atoms with Crippen molar-refractivity contribution >= 4 is 16.9 Å². The van der Waals surface area contributed by atoms with Crippen LogP contribution in [0.2, 0.25) is 0 Å². The molecular formula is C41H53N3O6. The van der Waals surface area contributed by atoms with Crippen LogP contribution in [-0.4, -0.2) is 70.5 Å². The molecule has 0 aliphatic carbocycles. The number of phenols is 1. The number of carbonyl (C=O) groups excluding carboxylic acids is 1. The van der Waals surface area contributed by atoms with E-state index in [4.69, 9.17) is 4.74 Å². The Bertz CT molecular complexity index is 1670. The van der Waals surface area contributed by atoms with Crippen molar-refractivity contribution in [1.82, 2.24) is 15.2 Å². The normalized spacial score (nSPS) is 15.9. The van der Waals surface area contributed by atoms with Crippen LogP contribution in [0.3, 0.4) is 0 Å². The summed E-state index contributed by atoms with van der Waals surface area (Å²) in [6, 6.07) is 24.9. The van der Waals surface area contributed by atoms with E-state index in [1.54, 1.807) is 24.3 Å². The average Bonchev–Trinajstić information content (AvgIpc) is 3.14. The maximum absolute atomic E-state index is 13.3. The lowest BCUT2D eigenvalue weighted by atomic mass is 9.87. The molecule has 2 unspecified atom stereocenters. The highest BCUT2D eigenvalue weighted by atomic mass is 16.5. The van der Waals surface area contributed by atoms with Crippen LogP contribution in [0.5, 0.6) is 5.75 Å². The number of phenolic OH excluding ortho intramolecular Hbond substituents is 1. The fourth-order valence-corrected chi connectivity index (χ4v) is 6.95. The third kappa shape index (κ3) is 10.5. The van der Waals surface area contributed by atoms with E-state index in [2.05, 4.69) is 15.2 Å². The Morgan fingerprint density at radius 2 is 1.54 bits per heavy atom. The Kier molecular flexibility index (Phi) is 14.0. The van der Waals surface area contributed by atoms with Gasteiger partial charge >= 0.3 is 5.97 Å². The molecule has 9 heteroatoms. The SMILES string of the molecule is O=C(OCC1CCN(CCCCCCCCCNCC(O)c2ccc(O)c3[nH]c(=O)ccc23)CC1)C(O)(Cc1ccccc1)c1ccccc1. The van der Waals surface area contributed by atoms with Gasteiger partial charge in [-0.25, -0.2) is 4.79 Å². The van der Waals surface area contributed by atoms with Crippen molar-refractivity contribution in [1.29, 1.82) is 0 Å². The van der Waals surface area contributed by atoms with E-state index in [0.29, 0.717) is 41.1 Å². The van der Waals surface area contributed by atoms with Crippen molar-refractivity contribution in [3.63, 3.8) is 0 Å². The molecule has 5 N–H and O–H groups in total. The molecule has 1 saturated heterocycles. The summed E-state index contributed by atoms with van der Waals surface area (Å²) >= 11 is 0. The first-order valence-electron chi connectivity index (χ1n) is 18.3. The number of aromatic nitrogens is 1. The van der Waals surface area contributed by atoms with E-state index in [9.17, 15) is 24.9 Å². The number of aromatic amines is 1.